The van der Waals surface area contributed by atoms with Crippen LogP contribution in [0.15, 0.2) is 29.2 Å². The summed E-state index contributed by atoms with van der Waals surface area (Å²) in [6, 6.07) is 6.93. The monoisotopic (exact) mass is 311 g/mol. The molecule has 5 heteroatoms. The Hall–Kier alpha value is -0.910. The van der Waals surface area contributed by atoms with E-state index >= 15 is 0 Å². The van der Waals surface area contributed by atoms with Crippen LogP contribution in [0, 0.1) is 5.92 Å². The SMILES string of the molecule is CCC(CC1CC1)NCC(O)c1ccc(S(C)(=O)=O)cc1. The van der Waals surface area contributed by atoms with E-state index in [2.05, 4.69) is 12.2 Å². The summed E-state index contributed by atoms with van der Waals surface area (Å²) in [6.07, 6.45) is 5.52. The van der Waals surface area contributed by atoms with Crippen molar-refractivity contribution in [2.24, 2.45) is 5.92 Å². The topological polar surface area (TPSA) is 66.4 Å². The molecule has 1 aromatic rings. The summed E-state index contributed by atoms with van der Waals surface area (Å²) in [7, 11) is -3.18. The molecule has 2 unspecified atom stereocenters. The first kappa shape index (κ1) is 16.5. The Morgan fingerprint density at radius 2 is 1.90 bits per heavy atom. The molecule has 1 aromatic carbocycles. The van der Waals surface area contributed by atoms with E-state index in [1.54, 1.807) is 24.3 Å². The second-order valence-electron chi connectivity index (χ2n) is 6.05. The first-order valence-corrected chi connectivity index (χ1v) is 9.50. The molecule has 0 amide bonds. The van der Waals surface area contributed by atoms with Gasteiger partial charge in [0.15, 0.2) is 9.84 Å². The quantitative estimate of drug-likeness (QED) is 0.773. The van der Waals surface area contributed by atoms with E-state index in [0.717, 1.165) is 17.9 Å². The molecule has 1 saturated carbocycles. The molecule has 0 bridgehead atoms. The lowest BCUT2D eigenvalue weighted by Gasteiger charge is -2.19. The van der Waals surface area contributed by atoms with Crippen molar-refractivity contribution < 1.29 is 13.5 Å². The van der Waals surface area contributed by atoms with Gasteiger partial charge >= 0.3 is 0 Å². The highest BCUT2D eigenvalue weighted by Crippen LogP contribution is 2.34. The molecule has 1 aliphatic rings. The summed E-state index contributed by atoms with van der Waals surface area (Å²) >= 11 is 0. The van der Waals surface area contributed by atoms with Gasteiger partial charge in [-0.2, -0.15) is 0 Å². The van der Waals surface area contributed by atoms with E-state index in [1.165, 1.54) is 25.5 Å². The number of rotatable bonds is 8. The van der Waals surface area contributed by atoms with Crippen LogP contribution < -0.4 is 5.32 Å². The molecule has 1 fully saturated rings. The van der Waals surface area contributed by atoms with Crippen molar-refractivity contribution in [2.45, 2.75) is 49.6 Å². The minimum absolute atomic E-state index is 0.284. The van der Waals surface area contributed by atoms with Crippen molar-refractivity contribution in [3.05, 3.63) is 29.8 Å². The molecule has 118 valence electrons. The summed E-state index contributed by atoms with van der Waals surface area (Å²) in [4.78, 5) is 0.284. The standard InChI is InChI=1S/C16H25NO3S/c1-3-14(10-12-4-5-12)17-11-16(18)13-6-8-15(9-7-13)21(2,19)20/h6-9,12,14,16-18H,3-5,10-11H2,1-2H3. The molecule has 0 heterocycles. The average molecular weight is 311 g/mol. The van der Waals surface area contributed by atoms with Gasteiger partial charge in [0.2, 0.25) is 0 Å². The van der Waals surface area contributed by atoms with Gasteiger partial charge in [0.25, 0.3) is 0 Å². The first-order valence-electron chi connectivity index (χ1n) is 7.61. The summed E-state index contributed by atoms with van der Waals surface area (Å²) in [6.45, 7) is 2.66. The van der Waals surface area contributed by atoms with Crippen molar-refractivity contribution in [3.63, 3.8) is 0 Å². The van der Waals surface area contributed by atoms with Gasteiger partial charge < -0.3 is 10.4 Å². The van der Waals surface area contributed by atoms with E-state index in [0.29, 0.717) is 12.6 Å². The molecule has 1 aliphatic carbocycles. The first-order chi connectivity index (χ1) is 9.90. The van der Waals surface area contributed by atoms with Crippen molar-refractivity contribution in [1.82, 2.24) is 5.32 Å². The maximum absolute atomic E-state index is 11.4. The second-order valence-corrected chi connectivity index (χ2v) is 8.07. The molecule has 0 saturated heterocycles. The number of aliphatic hydroxyl groups excluding tert-OH is 1. The molecule has 0 aliphatic heterocycles. The smallest absolute Gasteiger partial charge is 0.175 e. The molecule has 2 atom stereocenters. The second kappa shape index (κ2) is 6.90. The minimum atomic E-state index is -3.18. The predicted molar refractivity (Wildman–Crippen MR) is 83.9 cm³/mol. The van der Waals surface area contributed by atoms with Crippen LogP contribution in [-0.2, 0) is 9.84 Å². The fourth-order valence-corrected chi connectivity index (χ4v) is 3.11. The molecular formula is C16H25NO3S. The number of aliphatic hydroxyl groups is 1. The molecule has 0 spiro atoms. The average Bonchev–Trinajstić information content (AvgIpc) is 3.26. The molecular weight excluding hydrogens is 286 g/mol. The lowest BCUT2D eigenvalue weighted by atomic mass is 10.1. The highest BCUT2D eigenvalue weighted by molar-refractivity contribution is 7.90. The Morgan fingerprint density at radius 1 is 1.29 bits per heavy atom. The Morgan fingerprint density at radius 3 is 2.38 bits per heavy atom. The largest absolute Gasteiger partial charge is 0.387 e. The van der Waals surface area contributed by atoms with Gasteiger partial charge in [-0.3, -0.25) is 0 Å². The molecule has 2 N–H and O–H groups in total. The fraction of sp³-hybridized carbons (Fsp3) is 0.625. The summed E-state index contributed by atoms with van der Waals surface area (Å²) in [5, 5.41) is 13.6. The summed E-state index contributed by atoms with van der Waals surface area (Å²) < 4.78 is 22.8. The number of hydrogen-bond acceptors (Lipinski definition) is 4. The van der Waals surface area contributed by atoms with Crippen LogP contribution in [-0.4, -0.2) is 32.4 Å². The number of sulfone groups is 1. The van der Waals surface area contributed by atoms with Crippen LogP contribution in [0.2, 0.25) is 0 Å². The van der Waals surface area contributed by atoms with Gasteiger partial charge in [-0.1, -0.05) is 31.9 Å². The lowest BCUT2D eigenvalue weighted by molar-refractivity contribution is 0.168. The number of benzene rings is 1. The highest BCUT2D eigenvalue weighted by Gasteiger charge is 2.24. The zero-order valence-corrected chi connectivity index (χ0v) is 13.6. The van der Waals surface area contributed by atoms with Crippen molar-refractivity contribution >= 4 is 9.84 Å². The van der Waals surface area contributed by atoms with E-state index in [4.69, 9.17) is 0 Å². The summed E-state index contributed by atoms with van der Waals surface area (Å²) in [5.74, 6) is 0.869. The molecule has 2 rings (SSSR count). The van der Waals surface area contributed by atoms with Crippen LogP contribution >= 0.6 is 0 Å². The Labute approximate surface area is 127 Å². The molecule has 0 radical (unpaired) electrons. The van der Waals surface area contributed by atoms with Crippen molar-refractivity contribution in [3.8, 4) is 0 Å². The van der Waals surface area contributed by atoms with E-state index in [-0.39, 0.29) is 4.90 Å². The van der Waals surface area contributed by atoms with Gasteiger partial charge in [-0.25, -0.2) is 8.42 Å². The Balaban J connectivity index is 1.88. The van der Waals surface area contributed by atoms with E-state index in [1.807, 2.05) is 0 Å². The van der Waals surface area contributed by atoms with E-state index < -0.39 is 15.9 Å². The van der Waals surface area contributed by atoms with Crippen LogP contribution in [0.5, 0.6) is 0 Å². The molecule has 4 nitrogen and oxygen atoms in total. The third-order valence-corrected chi connectivity index (χ3v) is 5.23. The zero-order chi connectivity index (χ0) is 15.5. The van der Waals surface area contributed by atoms with Crippen LogP contribution in [0.25, 0.3) is 0 Å². The van der Waals surface area contributed by atoms with Crippen molar-refractivity contribution in [1.29, 1.82) is 0 Å². The van der Waals surface area contributed by atoms with Crippen LogP contribution in [0.3, 0.4) is 0 Å². The number of nitrogens with one attached hydrogen (secondary N) is 1. The lowest BCUT2D eigenvalue weighted by Crippen LogP contribution is -2.32. The van der Waals surface area contributed by atoms with Gasteiger partial charge in [0.1, 0.15) is 0 Å². The molecule has 0 aromatic heterocycles. The Bertz CT molecular complexity index is 549. The van der Waals surface area contributed by atoms with E-state index in [9.17, 15) is 13.5 Å². The third-order valence-electron chi connectivity index (χ3n) is 4.10. The van der Waals surface area contributed by atoms with Crippen molar-refractivity contribution in [2.75, 3.05) is 12.8 Å². The van der Waals surface area contributed by atoms with Gasteiger partial charge in [0.05, 0.1) is 11.0 Å². The molecule has 21 heavy (non-hydrogen) atoms. The highest BCUT2D eigenvalue weighted by atomic mass is 32.2. The normalized spacial score (nSPS) is 18.4. The van der Waals surface area contributed by atoms with Gasteiger partial charge in [0, 0.05) is 18.8 Å². The van der Waals surface area contributed by atoms with Crippen LogP contribution in [0.4, 0.5) is 0 Å². The zero-order valence-electron chi connectivity index (χ0n) is 12.7. The fourth-order valence-electron chi connectivity index (χ4n) is 2.48. The third kappa shape index (κ3) is 5.09. The minimum Gasteiger partial charge on any atom is -0.387 e. The summed E-state index contributed by atoms with van der Waals surface area (Å²) in [5.41, 5.74) is 0.746. The number of hydrogen-bond donors (Lipinski definition) is 2. The van der Waals surface area contributed by atoms with Gasteiger partial charge in [-0.15, -0.1) is 0 Å². The Kier molecular flexibility index (Phi) is 5.41. The van der Waals surface area contributed by atoms with Crippen LogP contribution in [0.1, 0.15) is 44.3 Å². The predicted octanol–water partition coefficient (Wildman–Crippen LogP) is 2.29. The van der Waals surface area contributed by atoms with Gasteiger partial charge in [-0.05, 0) is 36.5 Å². The maximum Gasteiger partial charge on any atom is 0.175 e. The maximum atomic E-state index is 11.4.